The van der Waals surface area contributed by atoms with Crippen LogP contribution in [0.5, 0.6) is 0 Å². The minimum atomic E-state index is -0.195. The highest BCUT2D eigenvalue weighted by atomic mass is 32.2. The first-order valence-electron chi connectivity index (χ1n) is 11.8. The van der Waals surface area contributed by atoms with Crippen LogP contribution in [0.3, 0.4) is 0 Å². The molecular weight excluding hydrogens is 476 g/mol. The van der Waals surface area contributed by atoms with Crippen LogP contribution in [-0.2, 0) is 6.54 Å². The number of urea groups is 1. The van der Waals surface area contributed by atoms with E-state index in [1.54, 1.807) is 34.3 Å². The smallest absolute Gasteiger partial charge is 0.309 e. The Kier molecular flexibility index (Phi) is 6.15. The average molecular weight is 503 g/mol. The van der Waals surface area contributed by atoms with Crippen molar-refractivity contribution in [1.29, 1.82) is 0 Å². The summed E-state index contributed by atoms with van der Waals surface area (Å²) in [7, 11) is 2.17. The van der Waals surface area contributed by atoms with Gasteiger partial charge in [0.15, 0.2) is 5.82 Å². The van der Waals surface area contributed by atoms with Gasteiger partial charge in [0.1, 0.15) is 11.2 Å². The van der Waals surface area contributed by atoms with Gasteiger partial charge in [0.2, 0.25) is 0 Å². The predicted octanol–water partition coefficient (Wildman–Crippen LogP) is 5.71. The van der Waals surface area contributed by atoms with Gasteiger partial charge in [-0.1, -0.05) is 30.0 Å². The number of anilines is 3. The maximum Gasteiger partial charge on any atom is 0.332 e. The van der Waals surface area contributed by atoms with E-state index < -0.39 is 0 Å². The molecule has 4 heterocycles. The summed E-state index contributed by atoms with van der Waals surface area (Å²) >= 11 is 3.32. The van der Waals surface area contributed by atoms with Crippen LogP contribution in [0.2, 0.25) is 0 Å². The van der Waals surface area contributed by atoms with E-state index in [1.807, 2.05) is 42.5 Å². The van der Waals surface area contributed by atoms with Crippen LogP contribution in [-0.4, -0.2) is 47.1 Å². The fraction of sp³-hybridized carbons (Fsp3) is 0.269. The normalized spacial score (nSPS) is 16.6. The summed E-state index contributed by atoms with van der Waals surface area (Å²) in [5.74, 6) is 0.638. The first-order valence-corrected chi connectivity index (χ1v) is 13.4. The third-order valence-electron chi connectivity index (χ3n) is 6.53. The van der Waals surface area contributed by atoms with E-state index in [-0.39, 0.29) is 6.03 Å². The topological polar surface area (TPSA) is 73.4 Å². The van der Waals surface area contributed by atoms with E-state index in [1.165, 1.54) is 4.90 Å². The Balaban J connectivity index is 1.26. The van der Waals surface area contributed by atoms with Crippen LogP contribution in [0.15, 0.2) is 70.7 Å². The molecule has 1 saturated heterocycles. The molecule has 9 heteroatoms. The van der Waals surface area contributed by atoms with Gasteiger partial charge in [-0.2, -0.15) is 0 Å². The summed E-state index contributed by atoms with van der Waals surface area (Å²) in [6.07, 6.45) is 3.83. The number of hydrogen-bond donors (Lipinski definition) is 2. The molecule has 2 N–H and O–H groups in total. The zero-order valence-electron chi connectivity index (χ0n) is 19.4. The second kappa shape index (κ2) is 9.58. The monoisotopic (exact) mass is 502 g/mol. The Morgan fingerprint density at radius 1 is 1.06 bits per heavy atom. The van der Waals surface area contributed by atoms with Gasteiger partial charge in [-0.15, -0.1) is 11.3 Å². The van der Waals surface area contributed by atoms with Gasteiger partial charge in [0.25, 0.3) is 0 Å². The Bertz CT molecular complexity index is 1350. The van der Waals surface area contributed by atoms with Crippen molar-refractivity contribution in [1.82, 2.24) is 20.2 Å². The molecule has 0 spiro atoms. The van der Waals surface area contributed by atoms with Gasteiger partial charge in [-0.25, -0.2) is 19.7 Å². The third kappa shape index (κ3) is 4.52. The van der Waals surface area contributed by atoms with Crippen LogP contribution < -0.4 is 15.5 Å². The van der Waals surface area contributed by atoms with E-state index in [0.717, 1.165) is 63.8 Å². The Hall–Kier alpha value is -2.98. The number of thiophene rings is 1. The number of piperidine rings is 1. The summed E-state index contributed by atoms with van der Waals surface area (Å²) in [5, 5.41) is 7.74. The first-order chi connectivity index (χ1) is 17.2. The molecule has 0 saturated carbocycles. The maximum atomic E-state index is 13.3. The highest BCUT2D eigenvalue weighted by Gasteiger charge is 2.32. The summed E-state index contributed by atoms with van der Waals surface area (Å²) < 4.78 is 0. The lowest BCUT2D eigenvalue weighted by atomic mass is 10.1. The summed E-state index contributed by atoms with van der Waals surface area (Å²) in [5.41, 5.74) is 1.63. The standard InChI is InChI=1S/C26H26N6OS2/c1-31-13-11-17(12-14-31)27-15-21-23-22-24(28-16-29-25(22)35-21)32(26(33)30-23)18-7-9-20(10-8-18)34-19-5-3-2-4-6-19/h2-10,16-17,27H,11-15H2,1H3,(H,30,33). The second-order valence-electron chi connectivity index (χ2n) is 8.91. The minimum absolute atomic E-state index is 0.195. The molecule has 2 aliphatic heterocycles. The molecule has 7 nitrogen and oxygen atoms in total. The molecule has 0 atom stereocenters. The van der Waals surface area contributed by atoms with Crippen molar-refractivity contribution < 1.29 is 4.79 Å². The van der Waals surface area contributed by atoms with Crippen molar-refractivity contribution in [3.05, 3.63) is 65.8 Å². The van der Waals surface area contributed by atoms with E-state index in [2.05, 4.69) is 44.7 Å². The molecule has 2 aliphatic rings. The number of rotatable bonds is 6. The van der Waals surface area contributed by atoms with Gasteiger partial charge in [-0.05, 0) is 69.4 Å². The van der Waals surface area contributed by atoms with E-state index in [4.69, 9.17) is 0 Å². The van der Waals surface area contributed by atoms with E-state index in [9.17, 15) is 4.79 Å². The molecule has 0 unspecified atom stereocenters. The van der Waals surface area contributed by atoms with Crippen LogP contribution in [0.4, 0.5) is 22.0 Å². The van der Waals surface area contributed by atoms with Crippen molar-refractivity contribution in [3.8, 4) is 0 Å². The number of benzene rings is 2. The van der Waals surface area contributed by atoms with Gasteiger partial charge in [0, 0.05) is 27.3 Å². The van der Waals surface area contributed by atoms with Crippen molar-refractivity contribution >= 4 is 56.5 Å². The minimum Gasteiger partial charge on any atom is -0.309 e. The lowest BCUT2D eigenvalue weighted by molar-refractivity contribution is 0.234. The molecule has 35 heavy (non-hydrogen) atoms. The highest BCUT2D eigenvalue weighted by Crippen LogP contribution is 2.44. The number of nitrogens with zero attached hydrogens (tertiary/aromatic N) is 4. The quantitative estimate of drug-likeness (QED) is 0.352. The summed E-state index contributed by atoms with van der Waals surface area (Å²) in [4.78, 5) is 30.6. The largest absolute Gasteiger partial charge is 0.332 e. The molecule has 0 radical (unpaired) electrons. The molecule has 1 fully saturated rings. The number of hydrogen-bond acceptors (Lipinski definition) is 7. The molecule has 4 aromatic rings. The number of aromatic nitrogens is 2. The van der Waals surface area contributed by atoms with Crippen LogP contribution in [0.1, 0.15) is 17.7 Å². The molecule has 0 bridgehead atoms. The van der Waals surface area contributed by atoms with Crippen molar-refractivity contribution in [2.24, 2.45) is 0 Å². The van der Waals surface area contributed by atoms with Gasteiger partial charge in [0.05, 0.1) is 16.8 Å². The summed E-state index contributed by atoms with van der Waals surface area (Å²) in [6, 6.07) is 18.6. The SMILES string of the molecule is CN1CCC(NCc2sc3ncnc4c3c2NC(=O)N4c2ccc(Sc3ccccc3)cc2)CC1. The summed E-state index contributed by atoms with van der Waals surface area (Å²) in [6.45, 7) is 2.94. The number of likely N-dealkylation sites (tertiary alicyclic amines) is 1. The predicted molar refractivity (Wildman–Crippen MR) is 143 cm³/mol. The van der Waals surface area contributed by atoms with E-state index in [0.29, 0.717) is 11.9 Å². The van der Waals surface area contributed by atoms with Crippen molar-refractivity contribution in [2.75, 3.05) is 30.4 Å². The van der Waals surface area contributed by atoms with Crippen LogP contribution >= 0.6 is 23.1 Å². The maximum absolute atomic E-state index is 13.3. The number of carbonyl (C=O) groups excluding carboxylic acids is 1. The highest BCUT2D eigenvalue weighted by molar-refractivity contribution is 7.99. The number of nitrogens with one attached hydrogen (secondary N) is 2. The van der Waals surface area contributed by atoms with Crippen LogP contribution in [0, 0.1) is 0 Å². The lowest BCUT2D eigenvalue weighted by Crippen LogP contribution is -2.40. The van der Waals surface area contributed by atoms with Gasteiger partial charge >= 0.3 is 6.03 Å². The molecule has 6 rings (SSSR count). The van der Waals surface area contributed by atoms with Crippen molar-refractivity contribution in [2.45, 2.75) is 35.2 Å². The molecule has 2 aromatic heterocycles. The Morgan fingerprint density at radius 3 is 2.57 bits per heavy atom. The number of carbonyl (C=O) groups is 1. The van der Waals surface area contributed by atoms with Gasteiger partial charge in [-0.3, -0.25) is 0 Å². The van der Waals surface area contributed by atoms with E-state index >= 15 is 0 Å². The Morgan fingerprint density at radius 2 is 1.80 bits per heavy atom. The molecule has 2 aromatic carbocycles. The number of amides is 2. The first kappa shape index (κ1) is 22.5. The third-order valence-corrected chi connectivity index (χ3v) is 8.65. The van der Waals surface area contributed by atoms with Crippen LogP contribution in [0.25, 0.3) is 10.2 Å². The average Bonchev–Trinajstić information content (AvgIpc) is 3.23. The zero-order valence-corrected chi connectivity index (χ0v) is 21.0. The van der Waals surface area contributed by atoms with Gasteiger partial charge < -0.3 is 15.5 Å². The fourth-order valence-corrected chi connectivity index (χ4v) is 6.50. The fourth-order valence-electron chi connectivity index (χ4n) is 4.63. The molecule has 178 valence electrons. The zero-order chi connectivity index (χ0) is 23.8. The van der Waals surface area contributed by atoms with Crippen molar-refractivity contribution in [3.63, 3.8) is 0 Å². The lowest BCUT2D eigenvalue weighted by Gasteiger charge is -2.30. The molecular formula is C26H26N6OS2. The second-order valence-corrected chi connectivity index (χ2v) is 11.1. The molecule has 2 amide bonds. The Labute approximate surface area is 212 Å². The molecule has 0 aliphatic carbocycles.